The molecule has 6 heteroatoms. The van der Waals surface area contributed by atoms with E-state index in [1.807, 2.05) is 54.6 Å². The van der Waals surface area contributed by atoms with Crippen LogP contribution < -0.4 is 10.6 Å². The standard InChI is InChI=1S/C20H22BrN3O2/c1-24(13-18(25)23-17-10-6-5-9-16(17)21)19(14-7-3-2-4-8-14)20(26)22-15-11-12-15/h2-10,15,19H,11-13H2,1H3,(H,22,26)(H,23,25)/t19-/m1/s1. The van der Waals surface area contributed by atoms with E-state index in [9.17, 15) is 9.59 Å². The molecule has 26 heavy (non-hydrogen) atoms. The van der Waals surface area contributed by atoms with E-state index in [0.29, 0.717) is 5.69 Å². The average molecular weight is 416 g/mol. The topological polar surface area (TPSA) is 61.4 Å². The zero-order valence-corrected chi connectivity index (χ0v) is 16.2. The van der Waals surface area contributed by atoms with E-state index in [-0.39, 0.29) is 24.4 Å². The second kappa shape index (κ2) is 8.47. The van der Waals surface area contributed by atoms with Crippen LogP contribution in [0, 0.1) is 0 Å². The van der Waals surface area contributed by atoms with E-state index in [0.717, 1.165) is 22.9 Å². The number of benzene rings is 2. The minimum absolute atomic E-state index is 0.0603. The molecule has 0 heterocycles. The molecule has 1 fully saturated rings. The normalized spacial score (nSPS) is 14.7. The summed E-state index contributed by atoms with van der Waals surface area (Å²) in [5.74, 6) is -0.227. The Balaban J connectivity index is 1.70. The molecule has 1 atom stereocenters. The third kappa shape index (κ3) is 4.93. The van der Waals surface area contributed by atoms with Crippen molar-refractivity contribution < 1.29 is 9.59 Å². The SMILES string of the molecule is CN(CC(=O)Nc1ccccc1Br)[C@@H](C(=O)NC1CC1)c1ccccc1. The largest absolute Gasteiger partial charge is 0.352 e. The number of nitrogens with one attached hydrogen (secondary N) is 2. The van der Waals surface area contributed by atoms with Crippen LogP contribution in [0.2, 0.25) is 0 Å². The molecule has 0 bridgehead atoms. The lowest BCUT2D eigenvalue weighted by Gasteiger charge is -2.27. The molecule has 2 N–H and O–H groups in total. The minimum Gasteiger partial charge on any atom is -0.352 e. The van der Waals surface area contributed by atoms with Crippen LogP contribution in [0.1, 0.15) is 24.4 Å². The Bertz CT molecular complexity index is 778. The zero-order valence-electron chi connectivity index (χ0n) is 14.6. The van der Waals surface area contributed by atoms with Crippen LogP contribution in [0.4, 0.5) is 5.69 Å². The van der Waals surface area contributed by atoms with E-state index < -0.39 is 6.04 Å². The number of likely N-dealkylation sites (N-methyl/N-ethyl adjacent to an activating group) is 1. The molecule has 2 aromatic rings. The second-order valence-electron chi connectivity index (χ2n) is 6.54. The van der Waals surface area contributed by atoms with Gasteiger partial charge in [0.15, 0.2) is 0 Å². The molecule has 1 saturated carbocycles. The van der Waals surface area contributed by atoms with Crippen molar-refractivity contribution in [3.8, 4) is 0 Å². The molecule has 0 spiro atoms. The van der Waals surface area contributed by atoms with Crippen molar-refractivity contribution in [1.29, 1.82) is 0 Å². The van der Waals surface area contributed by atoms with Crippen molar-refractivity contribution in [2.24, 2.45) is 0 Å². The Labute approximate surface area is 161 Å². The third-order valence-corrected chi connectivity index (χ3v) is 4.96. The summed E-state index contributed by atoms with van der Waals surface area (Å²) in [6.45, 7) is 0.110. The van der Waals surface area contributed by atoms with Crippen molar-refractivity contribution in [3.05, 3.63) is 64.6 Å². The number of carbonyl (C=O) groups excluding carboxylic acids is 2. The van der Waals surface area contributed by atoms with Gasteiger partial charge >= 0.3 is 0 Å². The first kappa shape index (κ1) is 18.6. The van der Waals surface area contributed by atoms with E-state index in [1.165, 1.54) is 0 Å². The van der Waals surface area contributed by atoms with Gasteiger partial charge in [0.05, 0.1) is 12.2 Å². The van der Waals surface area contributed by atoms with Gasteiger partial charge in [-0.15, -0.1) is 0 Å². The highest BCUT2D eigenvalue weighted by molar-refractivity contribution is 9.10. The summed E-state index contributed by atoms with van der Waals surface area (Å²) in [6.07, 6.45) is 2.05. The molecule has 0 unspecified atom stereocenters. The van der Waals surface area contributed by atoms with Crippen LogP contribution in [0.3, 0.4) is 0 Å². The number of hydrogen-bond donors (Lipinski definition) is 2. The fraction of sp³-hybridized carbons (Fsp3) is 0.300. The lowest BCUT2D eigenvalue weighted by molar-refractivity contribution is -0.127. The van der Waals surface area contributed by atoms with Gasteiger partial charge in [0.2, 0.25) is 11.8 Å². The van der Waals surface area contributed by atoms with Crippen LogP contribution in [-0.2, 0) is 9.59 Å². The van der Waals surface area contributed by atoms with Gasteiger partial charge in [-0.25, -0.2) is 0 Å². The number of para-hydroxylation sites is 1. The van der Waals surface area contributed by atoms with Crippen LogP contribution in [0.25, 0.3) is 0 Å². The molecule has 3 rings (SSSR count). The van der Waals surface area contributed by atoms with Gasteiger partial charge in [-0.3, -0.25) is 14.5 Å². The number of carbonyl (C=O) groups is 2. The summed E-state index contributed by atoms with van der Waals surface area (Å²) in [6, 6.07) is 16.8. The van der Waals surface area contributed by atoms with Crippen molar-refractivity contribution in [1.82, 2.24) is 10.2 Å². The molecule has 2 amide bonds. The minimum atomic E-state index is -0.498. The summed E-state index contributed by atoms with van der Waals surface area (Å²) < 4.78 is 0.821. The lowest BCUT2D eigenvalue weighted by atomic mass is 10.0. The average Bonchev–Trinajstić information content (AvgIpc) is 3.42. The fourth-order valence-corrected chi connectivity index (χ4v) is 3.20. The molecule has 0 radical (unpaired) electrons. The molecule has 5 nitrogen and oxygen atoms in total. The molecule has 0 saturated heterocycles. The van der Waals surface area contributed by atoms with Gasteiger partial charge < -0.3 is 10.6 Å². The first-order valence-corrected chi connectivity index (χ1v) is 9.44. The Hall–Kier alpha value is -2.18. The molecule has 2 aromatic carbocycles. The number of rotatable bonds is 7. The molecule has 0 aromatic heterocycles. The number of hydrogen-bond acceptors (Lipinski definition) is 3. The highest BCUT2D eigenvalue weighted by Crippen LogP contribution is 2.25. The van der Waals surface area contributed by atoms with Gasteiger partial charge in [-0.05, 0) is 53.5 Å². The zero-order chi connectivity index (χ0) is 18.5. The second-order valence-corrected chi connectivity index (χ2v) is 7.39. The van der Waals surface area contributed by atoms with E-state index in [1.54, 1.807) is 11.9 Å². The third-order valence-electron chi connectivity index (χ3n) is 4.27. The highest BCUT2D eigenvalue weighted by atomic mass is 79.9. The predicted octanol–water partition coefficient (Wildman–Crippen LogP) is 3.34. The maximum Gasteiger partial charge on any atom is 0.242 e. The molecule has 136 valence electrons. The molecule has 1 aliphatic carbocycles. The molecular weight excluding hydrogens is 394 g/mol. The highest BCUT2D eigenvalue weighted by Gasteiger charge is 2.31. The Kier molecular flexibility index (Phi) is 6.06. The van der Waals surface area contributed by atoms with E-state index in [4.69, 9.17) is 0 Å². The maximum absolute atomic E-state index is 12.7. The number of halogens is 1. The summed E-state index contributed by atoms with van der Waals surface area (Å²) >= 11 is 3.42. The first-order valence-electron chi connectivity index (χ1n) is 8.64. The molecule has 0 aliphatic heterocycles. The number of amides is 2. The van der Waals surface area contributed by atoms with Gasteiger partial charge in [0.25, 0.3) is 0 Å². The Morgan fingerprint density at radius 3 is 2.42 bits per heavy atom. The van der Waals surface area contributed by atoms with Crippen LogP contribution >= 0.6 is 15.9 Å². The van der Waals surface area contributed by atoms with Gasteiger partial charge in [0.1, 0.15) is 6.04 Å². The van der Waals surface area contributed by atoms with Crippen molar-refractivity contribution in [2.45, 2.75) is 24.9 Å². The van der Waals surface area contributed by atoms with E-state index >= 15 is 0 Å². The quantitative estimate of drug-likeness (QED) is 0.728. The van der Waals surface area contributed by atoms with Crippen molar-refractivity contribution >= 4 is 33.4 Å². The molecular formula is C20H22BrN3O2. The van der Waals surface area contributed by atoms with Crippen LogP contribution in [0.15, 0.2) is 59.1 Å². The van der Waals surface area contributed by atoms with Crippen molar-refractivity contribution in [3.63, 3.8) is 0 Å². The Morgan fingerprint density at radius 2 is 1.77 bits per heavy atom. The monoisotopic (exact) mass is 415 g/mol. The Morgan fingerprint density at radius 1 is 1.12 bits per heavy atom. The summed E-state index contributed by atoms with van der Waals surface area (Å²) in [7, 11) is 1.80. The lowest BCUT2D eigenvalue weighted by Crippen LogP contribution is -2.42. The first-order chi connectivity index (χ1) is 12.5. The summed E-state index contributed by atoms with van der Waals surface area (Å²) in [5, 5.41) is 5.93. The van der Waals surface area contributed by atoms with Gasteiger partial charge in [0, 0.05) is 10.5 Å². The van der Waals surface area contributed by atoms with E-state index in [2.05, 4.69) is 26.6 Å². The summed E-state index contributed by atoms with van der Waals surface area (Å²) in [4.78, 5) is 27.0. The maximum atomic E-state index is 12.7. The van der Waals surface area contributed by atoms with Gasteiger partial charge in [-0.1, -0.05) is 42.5 Å². The number of anilines is 1. The predicted molar refractivity (Wildman–Crippen MR) is 106 cm³/mol. The fourth-order valence-electron chi connectivity index (χ4n) is 2.82. The molecule has 1 aliphatic rings. The van der Waals surface area contributed by atoms with Gasteiger partial charge in [-0.2, -0.15) is 0 Å². The summed E-state index contributed by atoms with van der Waals surface area (Å²) in [5.41, 5.74) is 1.59. The smallest absolute Gasteiger partial charge is 0.242 e. The number of nitrogens with zero attached hydrogens (tertiary/aromatic N) is 1. The van der Waals surface area contributed by atoms with Crippen LogP contribution in [-0.4, -0.2) is 36.3 Å². The van der Waals surface area contributed by atoms with Crippen molar-refractivity contribution in [2.75, 3.05) is 18.9 Å². The van der Waals surface area contributed by atoms with Crippen LogP contribution in [0.5, 0.6) is 0 Å².